The Morgan fingerprint density at radius 2 is 2.12 bits per heavy atom. The van der Waals surface area contributed by atoms with Crippen molar-refractivity contribution in [3.05, 3.63) is 42.4 Å². The molecule has 17 heavy (non-hydrogen) atoms. The Kier molecular flexibility index (Phi) is 3.15. The lowest BCUT2D eigenvalue weighted by atomic mass is 10.3. The molecular weight excluding hydrogens is 236 g/mol. The highest BCUT2D eigenvalue weighted by molar-refractivity contribution is 7.80. The first-order chi connectivity index (χ1) is 8.15. The number of benzene rings is 1. The summed E-state index contributed by atoms with van der Waals surface area (Å²) < 4.78 is 5.48. The van der Waals surface area contributed by atoms with E-state index in [1.54, 1.807) is 24.3 Å². The van der Waals surface area contributed by atoms with Crippen molar-refractivity contribution < 1.29 is 4.74 Å². The van der Waals surface area contributed by atoms with E-state index in [-0.39, 0.29) is 4.99 Å². The van der Waals surface area contributed by atoms with Crippen LogP contribution < -0.4 is 16.2 Å². The summed E-state index contributed by atoms with van der Waals surface area (Å²) in [6.45, 7) is 0. The molecule has 86 valence electrons. The molecule has 0 aliphatic rings. The first-order valence-corrected chi connectivity index (χ1v) is 5.21. The fraction of sp³-hybridized carbons (Fsp3) is 0. The van der Waals surface area contributed by atoms with Crippen LogP contribution in [0.25, 0.3) is 0 Å². The van der Waals surface area contributed by atoms with E-state index in [4.69, 9.17) is 28.4 Å². The summed E-state index contributed by atoms with van der Waals surface area (Å²) in [5.74, 6) is 0.903. The molecule has 4 N–H and O–H groups in total. The number of hydrogen-bond donors (Lipinski definition) is 2. The third-order valence-corrected chi connectivity index (χ3v) is 2.15. The zero-order chi connectivity index (χ0) is 12.3. The minimum absolute atomic E-state index is 0.176. The lowest BCUT2D eigenvalue weighted by Gasteiger charge is -2.05. The summed E-state index contributed by atoms with van der Waals surface area (Å²) in [5.41, 5.74) is 12.1. The molecule has 0 atom stereocenters. The van der Waals surface area contributed by atoms with Gasteiger partial charge < -0.3 is 16.2 Å². The largest absolute Gasteiger partial charge is 0.437 e. The van der Waals surface area contributed by atoms with Crippen LogP contribution in [-0.4, -0.2) is 15.0 Å². The van der Waals surface area contributed by atoms with Crippen molar-refractivity contribution in [2.75, 3.05) is 5.73 Å². The molecule has 0 radical (unpaired) electrons. The Hall–Kier alpha value is -2.21. The van der Waals surface area contributed by atoms with Crippen LogP contribution in [-0.2, 0) is 0 Å². The van der Waals surface area contributed by atoms with Gasteiger partial charge in [0, 0.05) is 11.8 Å². The predicted molar refractivity (Wildman–Crippen MR) is 68.8 cm³/mol. The second kappa shape index (κ2) is 4.75. The topological polar surface area (TPSA) is 87.0 Å². The van der Waals surface area contributed by atoms with Crippen molar-refractivity contribution in [1.29, 1.82) is 0 Å². The number of nitrogen functional groups attached to an aromatic ring is 1. The van der Waals surface area contributed by atoms with E-state index >= 15 is 0 Å². The normalized spacial score (nSPS) is 9.88. The number of ether oxygens (including phenoxy) is 1. The Morgan fingerprint density at radius 1 is 1.29 bits per heavy atom. The Morgan fingerprint density at radius 3 is 2.82 bits per heavy atom. The molecule has 0 bridgehead atoms. The first kappa shape index (κ1) is 11.3. The molecule has 2 aromatic rings. The van der Waals surface area contributed by atoms with E-state index in [0.717, 1.165) is 0 Å². The van der Waals surface area contributed by atoms with Crippen LogP contribution in [0.4, 0.5) is 5.69 Å². The van der Waals surface area contributed by atoms with E-state index in [0.29, 0.717) is 23.0 Å². The van der Waals surface area contributed by atoms with Crippen LogP contribution in [0.2, 0.25) is 0 Å². The van der Waals surface area contributed by atoms with E-state index < -0.39 is 0 Å². The molecular formula is C11H10N4OS. The van der Waals surface area contributed by atoms with Gasteiger partial charge >= 0.3 is 0 Å². The van der Waals surface area contributed by atoms with Crippen LogP contribution in [0.5, 0.6) is 11.6 Å². The number of nitrogens with zero attached hydrogens (tertiary/aromatic N) is 2. The van der Waals surface area contributed by atoms with Crippen molar-refractivity contribution in [2.24, 2.45) is 5.73 Å². The maximum absolute atomic E-state index is 5.63. The SMILES string of the molecule is NC(=S)c1cncc(Oc2cccc(N)c2)n1. The highest BCUT2D eigenvalue weighted by Gasteiger charge is 2.03. The van der Waals surface area contributed by atoms with Crippen LogP contribution in [0.1, 0.15) is 5.69 Å². The molecule has 1 heterocycles. The number of anilines is 1. The monoisotopic (exact) mass is 246 g/mol. The zero-order valence-corrected chi connectivity index (χ0v) is 9.65. The average molecular weight is 246 g/mol. The van der Waals surface area contributed by atoms with Gasteiger partial charge in [-0.25, -0.2) is 4.98 Å². The molecule has 0 amide bonds. The average Bonchev–Trinajstić information content (AvgIpc) is 2.29. The van der Waals surface area contributed by atoms with Crippen LogP contribution >= 0.6 is 12.2 Å². The maximum atomic E-state index is 5.63. The maximum Gasteiger partial charge on any atom is 0.238 e. The third kappa shape index (κ3) is 2.88. The highest BCUT2D eigenvalue weighted by atomic mass is 32.1. The molecule has 1 aromatic carbocycles. The summed E-state index contributed by atoms with van der Waals surface area (Å²) >= 11 is 4.81. The van der Waals surface area contributed by atoms with Crippen LogP contribution in [0.3, 0.4) is 0 Å². The quantitative estimate of drug-likeness (QED) is 0.630. The number of nitrogens with two attached hydrogens (primary N) is 2. The summed E-state index contributed by atoms with van der Waals surface area (Å²) in [6.07, 6.45) is 2.96. The molecule has 5 nitrogen and oxygen atoms in total. The van der Waals surface area contributed by atoms with Crippen LogP contribution in [0, 0.1) is 0 Å². The molecule has 2 rings (SSSR count). The van der Waals surface area contributed by atoms with Gasteiger partial charge in [0.2, 0.25) is 5.88 Å². The summed E-state index contributed by atoms with van der Waals surface area (Å²) in [7, 11) is 0. The van der Waals surface area contributed by atoms with Crippen molar-refractivity contribution in [3.63, 3.8) is 0 Å². The van der Waals surface area contributed by atoms with Crippen molar-refractivity contribution in [1.82, 2.24) is 9.97 Å². The standard InChI is InChI=1S/C11H10N4OS/c12-7-2-1-3-8(4-7)16-10-6-14-5-9(15-10)11(13)17/h1-6H,12H2,(H2,13,17). The number of aromatic nitrogens is 2. The molecule has 0 aliphatic heterocycles. The van der Waals surface area contributed by atoms with E-state index in [2.05, 4.69) is 9.97 Å². The molecule has 0 unspecified atom stereocenters. The highest BCUT2D eigenvalue weighted by Crippen LogP contribution is 2.20. The Bertz CT molecular complexity index is 559. The lowest BCUT2D eigenvalue weighted by Crippen LogP contribution is -2.12. The lowest BCUT2D eigenvalue weighted by molar-refractivity contribution is 0.460. The molecule has 0 saturated heterocycles. The molecule has 6 heteroatoms. The fourth-order valence-corrected chi connectivity index (χ4v) is 1.31. The molecule has 0 aliphatic carbocycles. The summed E-state index contributed by atoms with van der Waals surface area (Å²) in [4.78, 5) is 8.22. The minimum atomic E-state index is 0.176. The van der Waals surface area contributed by atoms with Gasteiger partial charge in [0.25, 0.3) is 0 Å². The Balaban J connectivity index is 2.24. The molecule has 0 fully saturated rings. The fourth-order valence-electron chi connectivity index (χ4n) is 1.21. The second-order valence-electron chi connectivity index (χ2n) is 3.28. The van der Waals surface area contributed by atoms with Gasteiger partial charge in [0.05, 0.1) is 12.4 Å². The molecule has 0 spiro atoms. The number of thiocarbonyl (C=S) groups is 1. The van der Waals surface area contributed by atoms with Gasteiger partial charge in [-0.1, -0.05) is 18.3 Å². The minimum Gasteiger partial charge on any atom is -0.437 e. The third-order valence-electron chi connectivity index (χ3n) is 1.95. The Labute approximate surface area is 103 Å². The summed E-state index contributed by atoms with van der Waals surface area (Å²) in [5, 5.41) is 0. The van der Waals surface area contributed by atoms with Gasteiger partial charge in [-0.15, -0.1) is 0 Å². The molecule has 0 saturated carbocycles. The number of rotatable bonds is 3. The van der Waals surface area contributed by atoms with Gasteiger partial charge in [-0.2, -0.15) is 0 Å². The van der Waals surface area contributed by atoms with Gasteiger partial charge in [0.1, 0.15) is 16.4 Å². The van der Waals surface area contributed by atoms with E-state index in [9.17, 15) is 0 Å². The smallest absolute Gasteiger partial charge is 0.238 e. The van der Waals surface area contributed by atoms with Crippen molar-refractivity contribution in [3.8, 4) is 11.6 Å². The first-order valence-electron chi connectivity index (χ1n) is 4.80. The zero-order valence-electron chi connectivity index (χ0n) is 8.83. The predicted octanol–water partition coefficient (Wildman–Crippen LogP) is 1.49. The van der Waals surface area contributed by atoms with E-state index in [1.165, 1.54) is 12.4 Å². The van der Waals surface area contributed by atoms with E-state index in [1.807, 2.05) is 0 Å². The second-order valence-corrected chi connectivity index (χ2v) is 3.72. The van der Waals surface area contributed by atoms with Gasteiger partial charge in [-0.3, -0.25) is 4.98 Å². The van der Waals surface area contributed by atoms with Gasteiger partial charge in [0.15, 0.2) is 0 Å². The van der Waals surface area contributed by atoms with Gasteiger partial charge in [-0.05, 0) is 12.1 Å². The van der Waals surface area contributed by atoms with Crippen molar-refractivity contribution >= 4 is 22.9 Å². The van der Waals surface area contributed by atoms with Crippen LogP contribution in [0.15, 0.2) is 36.7 Å². The number of hydrogen-bond acceptors (Lipinski definition) is 5. The van der Waals surface area contributed by atoms with Crippen molar-refractivity contribution in [2.45, 2.75) is 0 Å². The molecule has 1 aromatic heterocycles. The summed E-state index contributed by atoms with van der Waals surface area (Å²) in [6, 6.07) is 7.01.